The molecule has 3 heterocycles. The van der Waals surface area contributed by atoms with Gasteiger partial charge in [0.2, 0.25) is 6.29 Å². The molecule has 2 aromatic carbocycles. The van der Waals surface area contributed by atoms with Crippen LogP contribution < -0.4 is 10.2 Å². The average molecular weight is 537 g/mol. The highest BCUT2D eigenvalue weighted by atomic mass is 16.7. The van der Waals surface area contributed by atoms with Crippen LogP contribution in [0.15, 0.2) is 66.2 Å². The van der Waals surface area contributed by atoms with Crippen LogP contribution in [0.2, 0.25) is 0 Å². The van der Waals surface area contributed by atoms with Crippen molar-refractivity contribution in [2.45, 2.75) is 30.7 Å². The van der Waals surface area contributed by atoms with Crippen LogP contribution in [-0.2, 0) is 4.74 Å². The summed E-state index contributed by atoms with van der Waals surface area (Å²) in [5, 5.41) is 65.8. The van der Waals surface area contributed by atoms with Crippen molar-refractivity contribution in [3.63, 3.8) is 0 Å². The number of ether oxygens (including phenoxy) is 2. The predicted octanol–water partition coefficient (Wildman–Crippen LogP) is -0.539. The van der Waals surface area contributed by atoms with Gasteiger partial charge in [-0.2, -0.15) is 10.2 Å². The maximum absolute atomic E-state index is 11.1. The summed E-state index contributed by atoms with van der Waals surface area (Å²) in [6.45, 7) is -0.558. The summed E-state index contributed by atoms with van der Waals surface area (Å²) < 4.78 is 13.7. The molecule has 5 unspecified atom stereocenters. The highest BCUT2D eigenvalue weighted by Crippen LogP contribution is 2.24. The Labute approximate surface area is 219 Å². The van der Waals surface area contributed by atoms with E-state index in [0.717, 1.165) is 0 Å². The number of aromatic nitrogens is 4. The number of aromatic carboxylic acids is 1. The van der Waals surface area contributed by atoms with E-state index in [2.05, 4.69) is 15.2 Å². The van der Waals surface area contributed by atoms with E-state index in [1.54, 1.807) is 36.4 Å². The molecule has 2 aromatic heterocycles. The number of aliphatic hydroxyl groups is 4. The number of hydrogen-bond donors (Lipinski definition) is 6. The lowest BCUT2D eigenvalue weighted by Crippen LogP contribution is -2.60. The van der Waals surface area contributed by atoms with E-state index < -0.39 is 43.3 Å². The van der Waals surface area contributed by atoms with Crippen LogP contribution in [0.25, 0.3) is 16.7 Å². The minimum Gasteiger partial charge on any atom is -0.478 e. The molecule has 1 saturated heterocycles. The van der Waals surface area contributed by atoms with E-state index in [1.807, 2.05) is 0 Å². The first-order valence-corrected chi connectivity index (χ1v) is 11.7. The quantitative estimate of drug-likeness (QED) is 0.166. The van der Waals surface area contributed by atoms with Crippen LogP contribution in [0.1, 0.15) is 15.9 Å². The Bertz CT molecular complexity index is 1560. The van der Waals surface area contributed by atoms with Crippen molar-refractivity contribution >= 4 is 23.2 Å². The van der Waals surface area contributed by atoms with Gasteiger partial charge in [-0.25, -0.2) is 19.1 Å². The number of fused-ring (bicyclic) bond motifs is 1. The molecule has 6 N–H and O–H groups in total. The van der Waals surface area contributed by atoms with Crippen LogP contribution in [0.4, 0.5) is 0 Å². The van der Waals surface area contributed by atoms with Crippen LogP contribution in [-0.4, -0.2) is 94.5 Å². The molecule has 39 heavy (non-hydrogen) atoms. The Hall–Kier alpha value is -4.47. The molecule has 0 radical (unpaired) electrons. The maximum Gasteiger partial charge on any atom is 0.335 e. The fourth-order valence-corrected chi connectivity index (χ4v) is 4.01. The summed E-state index contributed by atoms with van der Waals surface area (Å²) >= 11 is 0. The molecule has 14 heteroatoms. The van der Waals surface area contributed by atoms with E-state index in [9.17, 15) is 25.2 Å². The summed E-state index contributed by atoms with van der Waals surface area (Å²) in [7, 11) is 0. The molecule has 0 amide bonds. The fraction of sp³-hybridized carbons (Fsp3) is 0.240. The predicted molar refractivity (Wildman–Crippen MR) is 133 cm³/mol. The minimum absolute atomic E-state index is 0.0345. The lowest BCUT2D eigenvalue weighted by atomic mass is 9.99. The molecule has 0 aliphatic carbocycles. The zero-order valence-electron chi connectivity index (χ0n) is 20.1. The van der Waals surface area contributed by atoms with Crippen molar-refractivity contribution < 1.29 is 39.8 Å². The lowest BCUT2D eigenvalue weighted by Gasteiger charge is -2.39. The number of carboxylic acids is 1. The highest BCUT2D eigenvalue weighted by Gasteiger charge is 2.44. The Balaban J connectivity index is 1.30. The molecule has 0 spiro atoms. The molecule has 1 aliphatic rings. The monoisotopic (exact) mass is 536 g/mol. The lowest BCUT2D eigenvalue weighted by molar-refractivity contribution is -0.277. The SMILES string of the molecule is N=c1c2cnn(-c3ccc(C(=O)O)cc3)c2ncn1/N=C\c1ccc(OC2OC(CO)C(O)C(O)C2O)cc1. The molecular weight excluding hydrogens is 512 g/mol. The van der Waals surface area contributed by atoms with Gasteiger partial charge in [-0.15, -0.1) is 0 Å². The summed E-state index contributed by atoms with van der Waals surface area (Å²) in [6, 6.07) is 12.6. The molecule has 5 atom stereocenters. The minimum atomic E-state index is -1.54. The van der Waals surface area contributed by atoms with Crippen LogP contribution in [0, 0.1) is 5.41 Å². The second-order valence-electron chi connectivity index (χ2n) is 8.71. The third-order valence-electron chi connectivity index (χ3n) is 6.19. The molecule has 0 saturated carbocycles. The Kier molecular flexibility index (Phi) is 7.19. The van der Waals surface area contributed by atoms with Crippen LogP contribution in [0.3, 0.4) is 0 Å². The van der Waals surface area contributed by atoms with E-state index >= 15 is 0 Å². The largest absolute Gasteiger partial charge is 0.478 e. The number of nitrogens with one attached hydrogen (secondary N) is 1. The summed E-state index contributed by atoms with van der Waals surface area (Å²) in [4.78, 5) is 15.4. The Morgan fingerprint density at radius 1 is 1.08 bits per heavy atom. The standard InChI is InChI=1S/C25H24N6O8/c26-22-17-10-29-31(15-5-3-14(4-6-15)24(36)37)23(17)27-12-30(22)28-9-13-1-7-16(8-2-13)38-25-21(35)20(34)19(33)18(11-32)39-25/h1-10,12,18-21,25-26,32-35H,11H2,(H,36,37)/b26-22?,28-9-. The van der Waals surface area contributed by atoms with Crippen molar-refractivity contribution in [2.75, 3.05) is 6.61 Å². The normalized spacial score (nSPS) is 23.3. The van der Waals surface area contributed by atoms with Crippen molar-refractivity contribution in [2.24, 2.45) is 5.10 Å². The van der Waals surface area contributed by atoms with Crippen LogP contribution >= 0.6 is 0 Å². The number of aliphatic hydroxyl groups excluding tert-OH is 4. The first kappa shape index (κ1) is 26.1. The van der Waals surface area contributed by atoms with Crippen molar-refractivity contribution in [3.05, 3.63) is 77.7 Å². The van der Waals surface area contributed by atoms with Gasteiger partial charge in [-0.3, -0.25) is 5.41 Å². The number of benzene rings is 2. The number of carbonyl (C=O) groups is 1. The molecule has 0 bridgehead atoms. The van der Waals surface area contributed by atoms with Crippen LogP contribution in [0.5, 0.6) is 5.75 Å². The smallest absolute Gasteiger partial charge is 0.335 e. The van der Waals surface area contributed by atoms with Gasteiger partial charge >= 0.3 is 5.97 Å². The third kappa shape index (κ3) is 5.14. The van der Waals surface area contributed by atoms with Gasteiger partial charge in [0.1, 0.15) is 36.5 Å². The molecule has 14 nitrogen and oxygen atoms in total. The fourth-order valence-electron chi connectivity index (χ4n) is 4.01. The molecule has 202 valence electrons. The summed E-state index contributed by atoms with van der Waals surface area (Å²) in [6.07, 6.45) is -2.57. The van der Waals surface area contributed by atoms with E-state index in [-0.39, 0.29) is 11.1 Å². The van der Waals surface area contributed by atoms with Gasteiger partial charge in [0, 0.05) is 0 Å². The van der Waals surface area contributed by atoms with Gasteiger partial charge in [0.05, 0.1) is 35.7 Å². The number of nitrogens with zero attached hydrogens (tertiary/aromatic N) is 5. The summed E-state index contributed by atoms with van der Waals surface area (Å²) in [5.74, 6) is -0.731. The Morgan fingerprint density at radius 2 is 1.79 bits per heavy atom. The first-order chi connectivity index (χ1) is 18.8. The van der Waals surface area contributed by atoms with Gasteiger partial charge in [-0.1, -0.05) is 0 Å². The van der Waals surface area contributed by atoms with Gasteiger partial charge in [0.25, 0.3) is 0 Å². The molecule has 5 rings (SSSR count). The topological polar surface area (TPSA) is 209 Å². The number of rotatable bonds is 7. The van der Waals surface area contributed by atoms with E-state index in [4.69, 9.17) is 20.0 Å². The number of hydrogen-bond acceptors (Lipinski definition) is 11. The third-order valence-corrected chi connectivity index (χ3v) is 6.19. The second kappa shape index (κ2) is 10.7. The zero-order chi connectivity index (χ0) is 27.7. The second-order valence-corrected chi connectivity index (χ2v) is 8.71. The first-order valence-electron chi connectivity index (χ1n) is 11.7. The molecule has 1 fully saturated rings. The van der Waals surface area contributed by atoms with Gasteiger partial charge < -0.3 is 35.0 Å². The maximum atomic E-state index is 11.1. The zero-order valence-corrected chi connectivity index (χ0v) is 20.1. The Morgan fingerprint density at radius 3 is 2.46 bits per heavy atom. The number of carboxylic acid groups (broad SMARTS) is 1. The molecule has 4 aromatic rings. The van der Waals surface area contributed by atoms with Crippen molar-refractivity contribution in [3.8, 4) is 11.4 Å². The van der Waals surface area contributed by atoms with E-state index in [0.29, 0.717) is 28.0 Å². The molecular formula is C25H24N6O8. The van der Waals surface area contributed by atoms with E-state index in [1.165, 1.54) is 40.2 Å². The highest BCUT2D eigenvalue weighted by molar-refractivity contribution is 5.88. The van der Waals surface area contributed by atoms with Crippen molar-refractivity contribution in [1.82, 2.24) is 19.4 Å². The van der Waals surface area contributed by atoms with Gasteiger partial charge in [0.15, 0.2) is 11.1 Å². The summed E-state index contributed by atoms with van der Waals surface area (Å²) in [5.41, 5.74) is 1.83. The van der Waals surface area contributed by atoms with Gasteiger partial charge in [-0.05, 0) is 54.1 Å². The van der Waals surface area contributed by atoms with Crippen molar-refractivity contribution in [1.29, 1.82) is 5.41 Å². The molecule has 1 aliphatic heterocycles. The average Bonchev–Trinajstić information content (AvgIpc) is 3.39.